The van der Waals surface area contributed by atoms with Crippen LogP contribution < -0.4 is 11.1 Å². The quantitative estimate of drug-likeness (QED) is 0.482. The van der Waals surface area contributed by atoms with E-state index in [0.717, 1.165) is 19.3 Å². The van der Waals surface area contributed by atoms with Gasteiger partial charge in [-0.3, -0.25) is 4.79 Å². The molecular weight excluding hydrogens is 184 g/mol. The second kappa shape index (κ2) is 5.95. The van der Waals surface area contributed by atoms with Gasteiger partial charge < -0.3 is 20.9 Å². The molecule has 0 aromatic rings. The number of hydrogen-bond donors (Lipinski definition) is 3. The number of aliphatic hydroxyl groups excluding tert-OH is 1. The maximum absolute atomic E-state index is 10.3. The first kappa shape index (κ1) is 11.4. The maximum Gasteiger partial charge on any atom is 0.243 e. The lowest BCUT2D eigenvalue weighted by molar-refractivity contribution is -0.122. The molecule has 5 heteroatoms. The van der Waals surface area contributed by atoms with E-state index in [1.807, 2.05) is 0 Å². The molecule has 1 amide bonds. The Morgan fingerprint density at radius 2 is 2.36 bits per heavy atom. The lowest BCUT2D eigenvalue weighted by Crippen LogP contribution is -2.37. The third kappa shape index (κ3) is 4.04. The molecular formula is C9H18N2O3. The molecule has 2 unspecified atom stereocenters. The molecule has 2 atom stereocenters. The van der Waals surface area contributed by atoms with Crippen molar-refractivity contribution in [3.63, 3.8) is 0 Å². The summed E-state index contributed by atoms with van der Waals surface area (Å²) in [7, 11) is 0. The van der Waals surface area contributed by atoms with Crippen molar-refractivity contribution in [3.8, 4) is 0 Å². The fourth-order valence-electron chi connectivity index (χ4n) is 1.67. The molecule has 82 valence electrons. The fraction of sp³-hybridized carbons (Fsp3) is 0.889. The lowest BCUT2D eigenvalue weighted by Gasteiger charge is -2.15. The Balaban J connectivity index is 1.95. The van der Waals surface area contributed by atoms with Crippen LogP contribution in [0.3, 0.4) is 0 Å². The van der Waals surface area contributed by atoms with E-state index in [4.69, 9.17) is 10.5 Å². The normalized spacial score (nSPS) is 26.6. The zero-order chi connectivity index (χ0) is 10.4. The maximum atomic E-state index is 10.3. The Kier molecular flexibility index (Phi) is 4.86. The average molecular weight is 202 g/mol. The summed E-state index contributed by atoms with van der Waals surface area (Å²) in [6.07, 6.45) is 2.73. The van der Waals surface area contributed by atoms with Gasteiger partial charge in [0.25, 0.3) is 0 Å². The second-order valence-corrected chi connectivity index (χ2v) is 3.58. The van der Waals surface area contributed by atoms with E-state index >= 15 is 0 Å². The number of amides is 1. The van der Waals surface area contributed by atoms with Crippen LogP contribution in [0.15, 0.2) is 0 Å². The predicted octanol–water partition coefficient (Wildman–Crippen LogP) is -1.01. The minimum atomic E-state index is -0.453. The van der Waals surface area contributed by atoms with Gasteiger partial charge in [-0.15, -0.1) is 0 Å². The van der Waals surface area contributed by atoms with Crippen molar-refractivity contribution in [2.75, 3.05) is 19.8 Å². The van der Waals surface area contributed by atoms with Crippen LogP contribution in [0.4, 0.5) is 0 Å². The van der Waals surface area contributed by atoms with Gasteiger partial charge >= 0.3 is 0 Å². The minimum absolute atomic E-state index is 0.0328. The minimum Gasteiger partial charge on any atom is -0.392 e. The van der Waals surface area contributed by atoms with Crippen molar-refractivity contribution in [2.45, 2.75) is 31.4 Å². The lowest BCUT2D eigenvalue weighted by atomic mass is 10.2. The monoisotopic (exact) mass is 202 g/mol. The van der Waals surface area contributed by atoms with Gasteiger partial charge in [-0.25, -0.2) is 0 Å². The van der Waals surface area contributed by atoms with E-state index in [9.17, 15) is 9.90 Å². The van der Waals surface area contributed by atoms with Crippen LogP contribution in [-0.2, 0) is 9.53 Å². The summed E-state index contributed by atoms with van der Waals surface area (Å²) in [5.41, 5.74) is 4.89. The molecule has 1 aliphatic carbocycles. The molecule has 1 rings (SSSR count). The molecule has 0 aromatic carbocycles. The van der Waals surface area contributed by atoms with Gasteiger partial charge in [-0.05, 0) is 19.3 Å². The summed E-state index contributed by atoms with van der Waals surface area (Å²) in [6, 6.07) is 0.187. The van der Waals surface area contributed by atoms with Gasteiger partial charge in [0, 0.05) is 12.6 Å². The summed E-state index contributed by atoms with van der Waals surface area (Å²) < 4.78 is 4.97. The molecule has 1 aliphatic rings. The largest absolute Gasteiger partial charge is 0.392 e. The van der Waals surface area contributed by atoms with Crippen molar-refractivity contribution >= 4 is 5.91 Å². The van der Waals surface area contributed by atoms with E-state index in [0.29, 0.717) is 13.2 Å². The molecule has 0 spiro atoms. The first-order valence-electron chi connectivity index (χ1n) is 4.97. The van der Waals surface area contributed by atoms with Crippen LogP contribution in [0.25, 0.3) is 0 Å². The van der Waals surface area contributed by atoms with E-state index < -0.39 is 5.91 Å². The van der Waals surface area contributed by atoms with Crippen LogP contribution >= 0.6 is 0 Å². The van der Waals surface area contributed by atoms with Gasteiger partial charge in [0.15, 0.2) is 0 Å². The number of ether oxygens (including phenoxy) is 1. The zero-order valence-corrected chi connectivity index (χ0v) is 8.24. The number of hydrogen-bond acceptors (Lipinski definition) is 4. The average Bonchev–Trinajstić information content (AvgIpc) is 2.51. The highest BCUT2D eigenvalue weighted by Gasteiger charge is 2.23. The summed E-state index contributed by atoms with van der Waals surface area (Å²) in [5.74, 6) is -0.453. The van der Waals surface area contributed by atoms with E-state index in [1.54, 1.807) is 0 Å². The van der Waals surface area contributed by atoms with Crippen LogP contribution in [0.1, 0.15) is 19.3 Å². The van der Waals surface area contributed by atoms with Crippen molar-refractivity contribution in [2.24, 2.45) is 5.73 Å². The van der Waals surface area contributed by atoms with Crippen LogP contribution in [-0.4, -0.2) is 42.9 Å². The van der Waals surface area contributed by atoms with Gasteiger partial charge in [0.1, 0.15) is 6.61 Å². The van der Waals surface area contributed by atoms with Gasteiger partial charge in [0.2, 0.25) is 5.91 Å². The molecule has 0 saturated heterocycles. The number of aliphatic hydroxyl groups is 1. The summed E-state index contributed by atoms with van der Waals surface area (Å²) >= 11 is 0. The second-order valence-electron chi connectivity index (χ2n) is 3.58. The molecule has 1 fully saturated rings. The summed E-state index contributed by atoms with van der Waals surface area (Å²) in [4.78, 5) is 10.3. The van der Waals surface area contributed by atoms with E-state index in [2.05, 4.69) is 5.32 Å². The Morgan fingerprint density at radius 1 is 1.57 bits per heavy atom. The third-order valence-corrected chi connectivity index (χ3v) is 2.38. The van der Waals surface area contributed by atoms with Crippen molar-refractivity contribution < 1.29 is 14.6 Å². The number of carbonyl (C=O) groups excluding carboxylic acids is 1. The number of rotatable bonds is 6. The topological polar surface area (TPSA) is 84.6 Å². The molecule has 0 radical (unpaired) electrons. The van der Waals surface area contributed by atoms with E-state index in [-0.39, 0.29) is 18.8 Å². The predicted molar refractivity (Wildman–Crippen MR) is 51.7 cm³/mol. The van der Waals surface area contributed by atoms with E-state index in [1.165, 1.54) is 0 Å². The zero-order valence-electron chi connectivity index (χ0n) is 8.24. The third-order valence-electron chi connectivity index (χ3n) is 2.38. The molecule has 14 heavy (non-hydrogen) atoms. The van der Waals surface area contributed by atoms with Crippen LogP contribution in [0.2, 0.25) is 0 Å². The highest BCUT2D eigenvalue weighted by atomic mass is 16.5. The molecule has 0 aliphatic heterocycles. The van der Waals surface area contributed by atoms with Crippen LogP contribution in [0, 0.1) is 0 Å². The highest BCUT2D eigenvalue weighted by Crippen LogP contribution is 2.18. The standard InChI is InChI=1S/C9H18N2O3/c10-9(13)6-14-5-4-11-7-2-1-3-8(7)12/h7-8,11-12H,1-6H2,(H2,10,13). The Morgan fingerprint density at radius 3 is 2.93 bits per heavy atom. The van der Waals surface area contributed by atoms with Gasteiger partial charge in [0.05, 0.1) is 12.7 Å². The van der Waals surface area contributed by atoms with Gasteiger partial charge in [-0.1, -0.05) is 0 Å². The van der Waals surface area contributed by atoms with Gasteiger partial charge in [-0.2, -0.15) is 0 Å². The summed E-state index contributed by atoms with van der Waals surface area (Å²) in [5, 5.41) is 12.6. The molecule has 4 N–H and O–H groups in total. The number of carbonyl (C=O) groups is 1. The first-order valence-corrected chi connectivity index (χ1v) is 4.97. The Labute approximate surface area is 83.6 Å². The molecule has 0 aromatic heterocycles. The molecule has 5 nitrogen and oxygen atoms in total. The number of nitrogens with two attached hydrogens (primary N) is 1. The van der Waals surface area contributed by atoms with Crippen LogP contribution in [0.5, 0.6) is 0 Å². The number of primary amides is 1. The molecule has 0 bridgehead atoms. The Hall–Kier alpha value is -0.650. The molecule has 1 saturated carbocycles. The SMILES string of the molecule is NC(=O)COCCNC1CCCC1O. The first-order chi connectivity index (χ1) is 6.70. The highest BCUT2D eigenvalue weighted by molar-refractivity contribution is 5.74. The van der Waals surface area contributed by atoms with Crippen molar-refractivity contribution in [1.29, 1.82) is 0 Å². The van der Waals surface area contributed by atoms with Crippen molar-refractivity contribution in [3.05, 3.63) is 0 Å². The summed E-state index contributed by atoms with van der Waals surface area (Å²) in [6.45, 7) is 1.07. The Bertz CT molecular complexity index is 187. The smallest absolute Gasteiger partial charge is 0.243 e. The number of nitrogens with one attached hydrogen (secondary N) is 1. The molecule has 0 heterocycles. The fourth-order valence-corrected chi connectivity index (χ4v) is 1.67. The van der Waals surface area contributed by atoms with Crippen molar-refractivity contribution in [1.82, 2.24) is 5.32 Å².